The zero-order valence-electron chi connectivity index (χ0n) is 12.0. The maximum absolute atomic E-state index is 5.41. The van der Waals surface area contributed by atoms with Crippen LogP contribution in [0.15, 0.2) is 24.5 Å². The fourth-order valence-corrected chi connectivity index (χ4v) is 2.13. The lowest BCUT2D eigenvalue weighted by atomic mass is 10.2. The Morgan fingerprint density at radius 1 is 1.19 bits per heavy atom. The van der Waals surface area contributed by atoms with Gasteiger partial charge in [-0.1, -0.05) is 0 Å². The van der Waals surface area contributed by atoms with E-state index in [-0.39, 0.29) is 6.79 Å². The summed E-state index contributed by atoms with van der Waals surface area (Å²) < 4.78 is 16.1. The number of benzene rings is 1. The van der Waals surface area contributed by atoms with E-state index in [0.29, 0.717) is 24.6 Å². The monoisotopic (exact) mass is 287 g/mol. The first kappa shape index (κ1) is 13.6. The van der Waals surface area contributed by atoms with Crippen LogP contribution in [0.3, 0.4) is 0 Å². The van der Waals surface area contributed by atoms with Crippen molar-refractivity contribution in [3.05, 3.63) is 41.5 Å². The Morgan fingerprint density at radius 2 is 2.10 bits per heavy atom. The van der Waals surface area contributed by atoms with Crippen LogP contribution >= 0.6 is 0 Å². The molecule has 1 aromatic heterocycles. The lowest BCUT2D eigenvalue weighted by molar-refractivity contribution is 0.171. The highest BCUT2D eigenvalue weighted by atomic mass is 16.7. The fraction of sp³-hybridized carbons (Fsp3) is 0.333. The zero-order valence-corrected chi connectivity index (χ0v) is 12.0. The highest BCUT2D eigenvalue weighted by Crippen LogP contribution is 2.41. The minimum atomic E-state index is 0.238. The second-order valence-electron chi connectivity index (χ2n) is 4.78. The van der Waals surface area contributed by atoms with E-state index in [1.807, 2.05) is 19.1 Å². The first-order chi connectivity index (χ1) is 10.3. The van der Waals surface area contributed by atoms with E-state index in [1.165, 1.54) is 0 Å². The lowest BCUT2D eigenvalue weighted by Crippen LogP contribution is -2.14. The van der Waals surface area contributed by atoms with Gasteiger partial charge in [0, 0.05) is 25.5 Å². The van der Waals surface area contributed by atoms with Gasteiger partial charge in [0.15, 0.2) is 11.5 Å². The van der Waals surface area contributed by atoms with Crippen LogP contribution in [0.5, 0.6) is 17.2 Å². The SMILES string of the molecule is COc1cc(CNCc2cnc(C)cn2)cc2c1OCO2. The number of aryl methyl sites for hydroxylation is 1. The number of methoxy groups -OCH3 is 1. The second-order valence-corrected chi connectivity index (χ2v) is 4.78. The first-order valence-electron chi connectivity index (χ1n) is 6.71. The van der Waals surface area contributed by atoms with Gasteiger partial charge in [0.05, 0.1) is 18.5 Å². The summed E-state index contributed by atoms with van der Waals surface area (Å²) in [6, 6.07) is 3.90. The molecule has 2 heterocycles. The average Bonchev–Trinajstić information content (AvgIpc) is 2.97. The molecule has 0 unspecified atom stereocenters. The van der Waals surface area contributed by atoms with E-state index in [4.69, 9.17) is 14.2 Å². The third kappa shape index (κ3) is 3.05. The molecule has 0 saturated heterocycles. The third-order valence-corrected chi connectivity index (χ3v) is 3.19. The second kappa shape index (κ2) is 5.97. The van der Waals surface area contributed by atoms with Crippen molar-refractivity contribution in [3.63, 3.8) is 0 Å². The van der Waals surface area contributed by atoms with Gasteiger partial charge in [-0.3, -0.25) is 9.97 Å². The number of nitrogens with one attached hydrogen (secondary N) is 1. The topological polar surface area (TPSA) is 65.5 Å². The summed E-state index contributed by atoms with van der Waals surface area (Å²) in [4.78, 5) is 8.53. The maximum atomic E-state index is 5.41. The first-order valence-corrected chi connectivity index (χ1v) is 6.71. The van der Waals surface area contributed by atoms with Gasteiger partial charge in [0.25, 0.3) is 0 Å². The number of rotatable bonds is 5. The predicted molar refractivity (Wildman–Crippen MR) is 76.4 cm³/mol. The molecule has 0 amide bonds. The number of hydrogen-bond donors (Lipinski definition) is 1. The summed E-state index contributed by atoms with van der Waals surface area (Å²) in [6.07, 6.45) is 3.54. The summed E-state index contributed by atoms with van der Waals surface area (Å²) >= 11 is 0. The summed E-state index contributed by atoms with van der Waals surface area (Å²) in [6.45, 7) is 3.50. The Morgan fingerprint density at radius 3 is 2.86 bits per heavy atom. The number of hydrogen-bond acceptors (Lipinski definition) is 6. The minimum Gasteiger partial charge on any atom is -0.493 e. The van der Waals surface area contributed by atoms with Gasteiger partial charge in [-0.15, -0.1) is 0 Å². The molecule has 2 aromatic rings. The van der Waals surface area contributed by atoms with Gasteiger partial charge in [0.2, 0.25) is 12.5 Å². The van der Waals surface area contributed by atoms with Crippen LogP contribution < -0.4 is 19.5 Å². The van der Waals surface area contributed by atoms with E-state index in [1.54, 1.807) is 19.5 Å². The highest BCUT2D eigenvalue weighted by molar-refractivity contribution is 5.55. The van der Waals surface area contributed by atoms with Crippen LogP contribution in [-0.4, -0.2) is 23.9 Å². The fourth-order valence-electron chi connectivity index (χ4n) is 2.13. The van der Waals surface area contributed by atoms with E-state index < -0.39 is 0 Å². The molecule has 1 aliphatic heterocycles. The molecule has 21 heavy (non-hydrogen) atoms. The van der Waals surface area contributed by atoms with Crippen molar-refractivity contribution in [2.75, 3.05) is 13.9 Å². The molecule has 3 rings (SSSR count). The Labute approximate surface area is 123 Å². The summed E-state index contributed by atoms with van der Waals surface area (Å²) in [7, 11) is 1.62. The molecule has 0 aliphatic carbocycles. The number of ether oxygens (including phenoxy) is 3. The van der Waals surface area contributed by atoms with E-state index in [2.05, 4.69) is 15.3 Å². The van der Waals surface area contributed by atoms with E-state index in [0.717, 1.165) is 22.7 Å². The Hall–Kier alpha value is -2.34. The molecule has 0 saturated carbocycles. The summed E-state index contributed by atoms with van der Waals surface area (Å²) in [5.74, 6) is 2.09. The van der Waals surface area contributed by atoms with Gasteiger partial charge < -0.3 is 19.5 Å². The molecule has 0 atom stereocenters. The molecule has 6 nitrogen and oxygen atoms in total. The predicted octanol–water partition coefficient (Wildman–Crippen LogP) is 1.81. The molecule has 1 aliphatic rings. The van der Waals surface area contributed by atoms with Crippen molar-refractivity contribution in [1.82, 2.24) is 15.3 Å². The molecule has 1 N–H and O–H groups in total. The van der Waals surface area contributed by atoms with E-state index >= 15 is 0 Å². The largest absolute Gasteiger partial charge is 0.493 e. The van der Waals surface area contributed by atoms with Gasteiger partial charge in [-0.05, 0) is 24.6 Å². The molecule has 0 bridgehead atoms. The van der Waals surface area contributed by atoms with Crippen LogP contribution in [0, 0.1) is 6.92 Å². The Kier molecular flexibility index (Phi) is 3.87. The summed E-state index contributed by atoms with van der Waals surface area (Å²) in [5, 5.41) is 3.33. The highest BCUT2D eigenvalue weighted by Gasteiger charge is 2.19. The normalized spacial score (nSPS) is 12.5. The van der Waals surface area contributed by atoms with Gasteiger partial charge >= 0.3 is 0 Å². The Balaban J connectivity index is 1.64. The van der Waals surface area contributed by atoms with Crippen LogP contribution in [0.1, 0.15) is 17.0 Å². The quantitative estimate of drug-likeness (QED) is 0.904. The molecule has 0 radical (unpaired) electrons. The van der Waals surface area contributed by atoms with Crippen molar-refractivity contribution >= 4 is 0 Å². The van der Waals surface area contributed by atoms with E-state index in [9.17, 15) is 0 Å². The van der Waals surface area contributed by atoms with Crippen molar-refractivity contribution in [3.8, 4) is 17.2 Å². The number of nitrogens with zero attached hydrogens (tertiary/aromatic N) is 2. The van der Waals surface area contributed by atoms with Crippen LogP contribution in [0.4, 0.5) is 0 Å². The van der Waals surface area contributed by atoms with Crippen molar-refractivity contribution in [2.45, 2.75) is 20.0 Å². The van der Waals surface area contributed by atoms with Gasteiger partial charge in [0.1, 0.15) is 0 Å². The summed E-state index contributed by atoms with van der Waals surface area (Å²) in [5.41, 5.74) is 2.89. The van der Waals surface area contributed by atoms with Crippen molar-refractivity contribution in [1.29, 1.82) is 0 Å². The molecule has 6 heteroatoms. The number of fused-ring (bicyclic) bond motifs is 1. The average molecular weight is 287 g/mol. The van der Waals surface area contributed by atoms with Crippen molar-refractivity contribution in [2.24, 2.45) is 0 Å². The van der Waals surface area contributed by atoms with Crippen LogP contribution in [0.25, 0.3) is 0 Å². The molecular formula is C15H17N3O3. The van der Waals surface area contributed by atoms with Crippen LogP contribution in [0.2, 0.25) is 0 Å². The smallest absolute Gasteiger partial charge is 0.231 e. The van der Waals surface area contributed by atoms with Crippen molar-refractivity contribution < 1.29 is 14.2 Å². The molecule has 110 valence electrons. The lowest BCUT2D eigenvalue weighted by Gasteiger charge is -2.09. The molecule has 0 spiro atoms. The van der Waals surface area contributed by atoms with Crippen LogP contribution in [-0.2, 0) is 13.1 Å². The van der Waals surface area contributed by atoms with Gasteiger partial charge in [-0.2, -0.15) is 0 Å². The molecular weight excluding hydrogens is 270 g/mol. The molecule has 1 aromatic carbocycles. The maximum Gasteiger partial charge on any atom is 0.231 e. The minimum absolute atomic E-state index is 0.238. The Bertz CT molecular complexity index is 629. The third-order valence-electron chi connectivity index (χ3n) is 3.19. The standard InChI is InChI=1S/C15H17N3O3/c1-10-5-18-12(8-17-10)7-16-6-11-3-13(19-2)15-14(4-11)20-9-21-15/h3-5,8,16H,6-7,9H2,1-2H3. The number of aromatic nitrogens is 2. The zero-order chi connectivity index (χ0) is 14.7. The van der Waals surface area contributed by atoms with Gasteiger partial charge in [-0.25, -0.2) is 0 Å². The molecule has 0 fully saturated rings.